The molecule has 0 atom stereocenters. The molecule has 0 unspecified atom stereocenters. The largest absolute Gasteiger partial charge is 0.387 e. The highest BCUT2D eigenvalue weighted by Crippen LogP contribution is 2.27. The van der Waals surface area contributed by atoms with E-state index in [9.17, 15) is 5.11 Å². The summed E-state index contributed by atoms with van der Waals surface area (Å²) >= 11 is 0. The summed E-state index contributed by atoms with van der Waals surface area (Å²) in [6.45, 7) is 4.42. The van der Waals surface area contributed by atoms with Crippen LogP contribution in [0, 0.1) is 0 Å². The van der Waals surface area contributed by atoms with Gasteiger partial charge in [-0.25, -0.2) is 0 Å². The molecule has 0 heterocycles. The Kier molecular flexibility index (Phi) is 3.71. The summed E-state index contributed by atoms with van der Waals surface area (Å²) in [6, 6.07) is 0.277. The van der Waals surface area contributed by atoms with Gasteiger partial charge in [0, 0.05) is 6.04 Å². The van der Waals surface area contributed by atoms with Crippen LogP contribution in [0.3, 0.4) is 0 Å². The highest BCUT2D eigenvalue weighted by molar-refractivity contribution is 4.86. The minimum atomic E-state index is -0.611. The van der Waals surface area contributed by atoms with Crippen molar-refractivity contribution in [2.24, 2.45) is 5.73 Å². The van der Waals surface area contributed by atoms with Gasteiger partial charge in [-0.15, -0.1) is 0 Å². The number of aliphatic hydroxyl groups is 1. The smallest absolute Gasteiger partial charge is 0.0881 e. The van der Waals surface area contributed by atoms with Crippen molar-refractivity contribution >= 4 is 0 Å². The molecule has 1 saturated carbocycles. The summed E-state index contributed by atoms with van der Waals surface area (Å²) in [6.07, 6.45) is 3.58. The number of hydrogen-bond donors (Lipinski definition) is 2. The van der Waals surface area contributed by atoms with Gasteiger partial charge in [-0.05, 0) is 39.5 Å². The lowest BCUT2D eigenvalue weighted by molar-refractivity contribution is -0.0854. The zero-order valence-corrected chi connectivity index (χ0v) is 8.62. The standard InChI is InChI=1S/C10H21NO2/c1-8(2)13-7-10(12)5-3-9(11)4-6-10/h8-9,12H,3-7,11H2,1-2H3. The zero-order valence-electron chi connectivity index (χ0n) is 8.62. The van der Waals surface area contributed by atoms with Crippen LogP contribution in [0.15, 0.2) is 0 Å². The van der Waals surface area contributed by atoms with Gasteiger partial charge in [0.25, 0.3) is 0 Å². The topological polar surface area (TPSA) is 55.5 Å². The summed E-state index contributed by atoms with van der Waals surface area (Å²) in [7, 11) is 0. The Morgan fingerprint density at radius 1 is 1.46 bits per heavy atom. The molecule has 0 saturated heterocycles. The average molecular weight is 187 g/mol. The van der Waals surface area contributed by atoms with E-state index in [1.54, 1.807) is 0 Å². The van der Waals surface area contributed by atoms with Crippen molar-refractivity contribution in [1.82, 2.24) is 0 Å². The molecule has 0 aromatic carbocycles. The first kappa shape index (κ1) is 11.0. The molecule has 1 aliphatic carbocycles. The maximum absolute atomic E-state index is 10.1. The van der Waals surface area contributed by atoms with Crippen LogP contribution in [-0.2, 0) is 4.74 Å². The predicted molar refractivity (Wildman–Crippen MR) is 52.5 cm³/mol. The van der Waals surface area contributed by atoms with Gasteiger partial charge in [-0.2, -0.15) is 0 Å². The number of rotatable bonds is 3. The summed E-state index contributed by atoms with van der Waals surface area (Å²) in [5.41, 5.74) is 5.15. The van der Waals surface area contributed by atoms with Gasteiger partial charge in [-0.1, -0.05) is 0 Å². The van der Waals surface area contributed by atoms with Crippen LogP contribution in [0.25, 0.3) is 0 Å². The van der Waals surface area contributed by atoms with E-state index >= 15 is 0 Å². The van der Waals surface area contributed by atoms with E-state index in [-0.39, 0.29) is 12.1 Å². The van der Waals surface area contributed by atoms with Crippen LogP contribution in [0.4, 0.5) is 0 Å². The van der Waals surface area contributed by atoms with Gasteiger partial charge in [0.2, 0.25) is 0 Å². The summed E-state index contributed by atoms with van der Waals surface area (Å²) in [5, 5.41) is 10.1. The van der Waals surface area contributed by atoms with Crippen LogP contribution in [0.2, 0.25) is 0 Å². The molecule has 78 valence electrons. The Morgan fingerprint density at radius 2 is 2.00 bits per heavy atom. The quantitative estimate of drug-likeness (QED) is 0.694. The number of hydrogen-bond acceptors (Lipinski definition) is 3. The maximum Gasteiger partial charge on any atom is 0.0881 e. The Labute approximate surface area is 80.3 Å². The summed E-state index contributed by atoms with van der Waals surface area (Å²) < 4.78 is 5.43. The van der Waals surface area contributed by atoms with E-state index in [2.05, 4.69) is 0 Å². The number of nitrogens with two attached hydrogens (primary N) is 1. The first-order chi connectivity index (χ1) is 6.02. The molecule has 13 heavy (non-hydrogen) atoms. The van der Waals surface area contributed by atoms with E-state index in [0.29, 0.717) is 6.61 Å². The first-order valence-corrected chi connectivity index (χ1v) is 5.11. The molecule has 3 N–H and O–H groups in total. The fraction of sp³-hybridized carbons (Fsp3) is 1.00. The van der Waals surface area contributed by atoms with Gasteiger partial charge in [0.1, 0.15) is 0 Å². The molecule has 0 spiro atoms. The molecule has 1 aliphatic rings. The Bertz CT molecular complexity index is 151. The minimum Gasteiger partial charge on any atom is -0.387 e. The van der Waals surface area contributed by atoms with E-state index in [1.807, 2.05) is 13.8 Å². The molecule has 0 amide bonds. The molecular weight excluding hydrogens is 166 g/mol. The highest BCUT2D eigenvalue weighted by atomic mass is 16.5. The van der Waals surface area contributed by atoms with E-state index in [0.717, 1.165) is 25.7 Å². The van der Waals surface area contributed by atoms with E-state index in [4.69, 9.17) is 10.5 Å². The van der Waals surface area contributed by atoms with Gasteiger partial charge in [-0.3, -0.25) is 0 Å². The lowest BCUT2D eigenvalue weighted by Gasteiger charge is -2.34. The average Bonchev–Trinajstić information content (AvgIpc) is 2.08. The monoisotopic (exact) mass is 187 g/mol. The third-order valence-corrected chi connectivity index (χ3v) is 2.65. The van der Waals surface area contributed by atoms with Crippen LogP contribution in [-0.4, -0.2) is 29.5 Å². The van der Waals surface area contributed by atoms with Gasteiger partial charge in [0.05, 0.1) is 18.3 Å². The normalized spacial score (nSPS) is 35.3. The van der Waals surface area contributed by atoms with Crippen molar-refractivity contribution in [2.45, 2.75) is 57.3 Å². The van der Waals surface area contributed by atoms with E-state index < -0.39 is 5.60 Å². The molecule has 0 aromatic heterocycles. The van der Waals surface area contributed by atoms with Crippen LogP contribution in [0.5, 0.6) is 0 Å². The Balaban J connectivity index is 2.30. The third-order valence-electron chi connectivity index (χ3n) is 2.65. The Morgan fingerprint density at radius 3 is 2.46 bits per heavy atom. The zero-order chi connectivity index (χ0) is 9.90. The van der Waals surface area contributed by atoms with Crippen molar-refractivity contribution in [2.75, 3.05) is 6.61 Å². The van der Waals surface area contributed by atoms with Gasteiger partial charge >= 0.3 is 0 Å². The fourth-order valence-electron chi connectivity index (χ4n) is 1.64. The second-order valence-electron chi connectivity index (χ2n) is 4.42. The van der Waals surface area contributed by atoms with Gasteiger partial charge < -0.3 is 15.6 Å². The molecule has 0 radical (unpaired) electrons. The molecule has 3 nitrogen and oxygen atoms in total. The molecule has 0 aromatic rings. The van der Waals surface area contributed by atoms with Crippen molar-refractivity contribution in [3.05, 3.63) is 0 Å². The van der Waals surface area contributed by atoms with Crippen molar-refractivity contribution in [1.29, 1.82) is 0 Å². The third kappa shape index (κ3) is 3.63. The van der Waals surface area contributed by atoms with Crippen LogP contribution >= 0.6 is 0 Å². The lowest BCUT2D eigenvalue weighted by Crippen LogP contribution is -2.42. The second kappa shape index (κ2) is 4.40. The van der Waals surface area contributed by atoms with Crippen LogP contribution in [0.1, 0.15) is 39.5 Å². The first-order valence-electron chi connectivity index (χ1n) is 5.11. The molecule has 1 fully saturated rings. The molecule has 0 aliphatic heterocycles. The molecule has 1 rings (SSSR count). The van der Waals surface area contributed by atoms with Crippen molar-refractivity contribution in [3.63, 3.8) is 0 Å². The summed E-state index contributed by atoms with van der Waals surface area (Å²) in [4.78, 5) is 0. The van der Waals surface area contributed by atoms with Crippen LogP contribution < -0.4 is 5.73 Å². The van der Waals surface area contributed by atoms with Gasteiger partial charge in [0.15, 0.2) is 0 Å². The number of ether oxygens (including phenoxy) is 1. The van der Waals surface area contributed by atoms with Crippen molar-refractivity contribution in [3.8, 4) is 0 Å². The van der Waals surface area contributed by atoms with Crippen molar-refractivity contribution < 1.29 is 9.84 Å². The Hall–Kier alpha value is -0.120. The molecule has 0 bridgehead atoms. The fourth-order valence-corrected chi connectivity index (χ4v) is 1.64. The minimum absolute atomic E-state index is 0.194. The summed E-state index contributed by atoms with van der Waals surface area (Å²) in [5.74, 6) is 0. The molecule has 3 heteroatoms. The predicted octanol–water partition coefficient (Wildman–Crippen LogP) is 1.04. The highest BCUT2D eigenvalue weighted by Gasteiger charge is 2.32. The maximum atomic E-state index is 10.1. The SMILES string of the molecule is CC(C)OCC1(O)CCC(N)CC1. The lowest BCUT2D eigenvalue weighted by atomic mass is 9.83. The molecular formula is C10H21NO2. The van der Waals surface area contributed by atoms with E-state index in [1.165, 1.54) is 0 Å². The second-order valence-corrected chi connectivity index (χ2v) is 4.42.